The number of halogens is 3. The van der Waals surface area contributed by atoms with Crippen LogP contribution in [0, 0.1) is 0 Å². The Kier molecular flexibility index (Phi) is 6.94. The summed E-state index contributed by atoms with van der Waals surface area (Å²) in [4.78, 5) is 18.5. The van der Waals surface area contributed by atoms with Crippen LogP contribution in [0.3, 0.4) is 0 Å². The van der Waals surface area contributed by atoms with Crippen LogP contribution in [0.25, 0.3) is 10.4 Å². The maximum Gasteiger partial charge on any atom is 0.445 e. The van der Waals surface area contributed by atoms with E-state index in [2.05, 4.69) is 20.0 Å². The van der Waals surface area contributed by atoms with Gasteiger partial charge in [-0.1, -0.05) is 45.1 Å². The summed E-state index contributed by atoms with van der Waals surface area (Å²) in [6, 6.07) is 0. The lowest BCUT2D eigenvalue weighted by molar-refractivity contribution is 0.137. The fourth-order valence-electron chi connectivity index (χ4n) is 0.592. The molecule has 0 aromatic carbocycles. The molecule has 1 amide bonds. The standard InChI is InChI=1S/C7H10Cl3N5O2S/c1-6(2,13-14-11)4-12-17-5(16)15(3)18-7(8,9)10/h4H,1-3H3/b12-4+. The van der Waals surface area contributed by atoms with Gasteiger partial charge in [-0.25, -0.2) is 9.10 Å². The first-order chi connectivity index (χ1) is 8.07. The van der Waals surface area contributed by atoms with Crippen molar-refractivity contribution >= 4 is 59.1 Å². The average molecular weight is 335 g/mol. The monoisotopic (exact) mass is 333 g/mol. The van der Waals surface area contributed by atoms with Crippen LogP contribution in [-0.2, 0) is 4.84 Å². The molecule has 0 spiro atoms. The largest absolute Gasteiger partial charge is 0.445 e. The lowest BCUT2D eigenvalue weighted by Crippen LogP contribution is -2.23. The number of azide groups is 1. The number of oxime groups is 1. The van der Waals surface area contributed by atoms with Crippen LogP contribution < -0.4 is 0 Å². The zero-order valence-corrected chi connectivity index (χ0v) is 12.8. The molecule has 0 heterocycles. The molecule has 0 saturated heterocycles. The highest BCUT2D eigenvalue weighted by molar-refractivity contribution is 8.03. The average Bonchev–Trinajstić information content (AvgIpc) is 2.14. The molecular formula is C7H10Cl3N5O2S. The van der Waals surface area contributed by atoms with Crippen LogP contribution in [-0.4, -0.2) is 32.3 Å². The summed E-state index contributed by atoms with van der Waals surface area (Å²) in [5.41, 5.74) is 7.35. The number of hydrogen-bond acceptors (Lipinski definition) is 5. The van der Waals surface area contributed by atoms with Crippen molar-refractivity contribution in [2.75, 3.05) is 7.05 Å². The number of amides is 1. The van der Waals surface area contributed by atoms with Gasteiger partial charge in [0, 0.05) is 23.9 Å². The minimum Gasteiger partial charge on any atom is -0.298 e. The summed E-state index contributed by atoms with van der Waals surface area (Å²) in [5, 5.41) is 6.80. The molecule has 0 aliphatic heterocycles. The first-order valence-corrected chi connectivity index (χ1v) is 6.29. The van der Waals surface area contributed by atoms with Crippen molar-refractivity contribution in [2.24, 2.45) is 10.3 Å². The highest BCUT2D eigenvalue weighted by Crippen LogP contribution is 2.40. The fourth-order valence-corrected chi connectivity index (χ4v) is 1.94. The smallest absolute Gasteiger partial charge is 0.298 e. The summed E-state index contributed by atoms with van der Waals surface area (Å²) in [6.07, 6.45) is 0.345. The molecule has 0 aromatic heterocycles. The molecule has 7 nitrogen and oxygen atoms in total. The van der Waals surface area contributed by atoms with Crippen molar-refractivity contribution in [3.63, 3.8) is 0 Å². The van der Waals surface area contributed by atoms with Gasteiger partial charge in [0.05, 0.1) is 11.8 Å². The Morgan fingerprint density at radius 1 is 1.50 bits per heavy atom. The molecule has 0 unspecified atom stereocenters. The number of nitrogens with zero attached hydrogens (tertiary/aromatic N) is 5. The number of carbonyl (C=O) groups is 1. The second-order valence-electron chi connectivity index (χ2n) is 3.47. The molecule has 0 aromatic rings. The first kappa shape index (κ1) is 17.5. The van der Waals surface area contributed by atoms with Crippen molar-refractivity contribution < 1.29 is 9.63 Å². The second-order valence-corrected chi connectivity index (χ2v) is 7.77. The Morgan fingerprint density at radius 2 is 2.06 bits per heavy atom. The molecule has 18 heavy (non-hydrogen) atoms. The number of carbonyl (C=O) groups excluding carboxylic acids is 1. The van der Waals surface area contributed by atoms with E-state index in [1.165, 1.54) is 13.3 Å². The molecule has 11 heteroatoms. The number of alkyl halides is 3. The lowest BCUT2D eigenvalue weighted by atomic mass is 10.1. The van der Waals surface area contributed by atoms with Gasteiger partial charge in [0.1, 0.15) is 0 Å². The van der Waals surface area contributed by atoms with Gasteiger partial charge in [0.15, 0.2) is 0 Å². The van der Waals surface area contributed by atoms with Gasteiger partial charge in [-0.2, -0.15) is 0 Å². The first-order valence-electron chi connectivity index (χ1n) is 4.39. The Morgan fingerprint density at radius 3 is 2.50 bits per heavy atom. The van der Waals surface area contributed by atoms with Gasteiger partial charge in [-0.15, -0.1) is 0 Å². The maximum atomic E-state index is 11.4. The van der Waals surface area contributed by atoms with E-state index < -0.39 is 14.8 Å². The van der Waals surface area contributed by atoms with E-state index in [0.29, 0.717) is 11.9 Å². The van der Waals surface area contributed by atoms with Crippen molar-refractivity contribution in [3.8, 4) is 0 Å². The van der Waals surface area contributed by atoms with Crippen molar-refractivity contribution in [1.29, 1.82) is 0 Å². The van der Waals surface area contributed by atoms with E-state index in [4.69, 9.17) is 40.3 Å². The van der Waals surface area contributed by atoms with Crippen LogP contribution in [0.4, 0.5) is 4.79 Å². The van der Waals surface area contributed by atoms with Gasteiger partial charge in [-0.05, 0) is 19.4 Å². The van der Waals surface area contributed by atoms with Crippen molar-refractivity contribution in [3.05, 3.63) is 10.4 Å². The molecule has 0 saturated carbocycles. The highest BCUT2D eigenvalue weighted by Gasteiger charge is 2.27. The van der Waals surface area contributed by atoms with E-state index in [1.54, 1.807) is 13.8 Å². The highest BCUT2D eigenvalue weighted by atomic mass is 35.6. The van der Waals surface area contributed by atoms with Gasteiger partial charge in [-0.3, -0.25) is 4.84 Å². The van der Waals surface area contributed by atoms with Crippen LogP contribution in [0.1, 0.15) is 13.8 Å². The molecule has 0 N–H and O–H groups in total. The van der Waals surface area contributed by atoms with Gasteiger partial charge >= 0.3 is 6.09 Å². The molecular weight excluding hydrogens is 325 g/mol. The molecule has 0 rings (SSSR count). The lowest BCUT2D eigenvalue weighted by Gasteiger charge is -2.18. The minimum atomic E-state index is -1.68. The third-order valence-corrected chi connectivity index (χ3v) is 2.55. The third kappa shape index (κ3) is 8.54. The van der Waals surface area contributed by atoms with E-state index >= 15 is 0 Å². The Labute approximate surface area is 123 Å². The topological polar surface area (TPSA) is 90.7 Å². The van der Waals surface area contributed by atoms with Crippen molar-refractivity contribution in [1.82, 2.24) is 4.31 Å². The summed E-state index contributed by atoms with van der Waals surface area (Å²) < 4.78 is -0.716. The van der Waals surface area contributed by atoms with Crippen LogP contribution in [0.2, 0.25) is 0 Å². The Hall–Kier alpha value is -0.530. The van der Waals surface area contributed by atoms with Crippen LogP contribution in [0.15, 0.2) is 10.3 Å². The molecule has 0 atom stereocenters. The molecule has 0 radical (unpaired) electrons. The van der Waals surface area contributed by atoms with E-state index in [-0.39, 0.29) is 0 Å². The fraction of sp³-hybridized carbons (Fsp3) is 0.714. The van der Waals surface area contributed by atoms with E-state index in [1.807, 2.05) is 0 Å². The summed E-state index contributed by atoms with van der Waals surface area (Å²) >= 11 is 17.0. The van der Waals surface area contributed by atoms with E-state index in [0.717, 1.165) is 4.31 Å². The normalized spacial score (nSPS) is 12.1. The summed E-state index contributed by atoms with van der Waals surface area (Å²) in [6.45, 7) is 3.17. The second kappa shape index (κ2) is 7.16. The van der Waals surface area contributed by atoms with Crippen LogP contribution in [0.5, 0.6) is 0 Å². The number of hydrogen-bond donors (Lipinski definition) is 0. The maximum absolute atomic E-state index is 11.4. The Balaban J connectivity index is 4.34. The summed E-state index contributed by atoms with van der Waals surface area (Å²) in [5.74, 6) is 0. The molecule has 0 aliphatic rings. The molecule has 0 bridgehead atoms. The zero-order chi connectivity index (χ0) is 14.4. The van der Waals surface area contributed by atoms with E-state index in [9.17, 15) is 4.79 Å². The third-order valence-electron chi connectivity index (χ3n) is 1.30. The minimum absolute atomic E-state index is 0.632. The quantitative estimate of drug-likeness (QED) is 0.113. The van der Waals surface area contributed by atoms with Gasteiger partial charge in [0.2, 0.25) is 0 Å². The molecule has 102 valence electrons. The summed E-state index contributed by atoms with van der Waals surface area (Å²) in [7, 11) is 1.35. The molecule has 0 fully saturated rings. The van der Waals surface area contributed by atoms with Gasteiger partial charge < -0.3 is 0 Å². The van der Waals surface area contributed by atoms with Gasteiger partial charge in [0.25, 0.3) is 3.12 Å². The Bertz CT molecular complexity index is 378. The zero-order valence-electron chi connectivity index (χ0n) is 9.67. The van der Waals surface area contributed by atoms with Crippen LogP contribution >= 0.6 is 46.8 Å². The van der Waals surface area contributed by atoms with Crippen molar-refractivity contribution in [2.45, 2.75) is 22.5 Å². The number of rotatable bonds is 4. The predicted molar refractivity (Wildman–Crippen MR) is 73.8 cm³/mol. The SMILES string of the molecule is CN(SC(Cl)(Cl)Cl)C(=O)O/N=C/C(C)(C)N=[N+]=[N-]. The predicted octanol–water partition coefficient (Wildman–Crippen LogP) is 4.11. The molecule has 0 aliphatic carbocycles.